The first kappa shape index (κ1) is 16.5. The summed E-state index contributed by atoms with van der Waals surface area (Å²) in [5, 5.41) is 12.3. The standard InChI is InChI=1S/C16H25NO3S/c1-2-9-17-15(8-10-18)12-21(19,20)16-7-6-13-4-3-5-14(13)11-16/h6-7,11,15,17-18H,2-5,8-10,12H2,1H3. The highest BCUT2D eigenvalue weighted by atomic mass is 32.2. The lowest BCUT2D eigenvalue weighted by Crippen LogP contribution is -2.37. The number of hydrogen-bond acceptors (Lipinski definition) is 4. The third-order valence-electron chi connectivity index (χ3n) is 4.01. The van der Waals surface area contributed by atoms with Gasteiger partial charge in [0, 0.05) is 12.6 Å². The van der Waals surface area contributed by atoms with Gasteiger partial charge in [0.15, 0.2) is 9.84 Å². The largest absolute Gasteiger partial charge is 0.396 e. The summed E-state index contributed by atoms with van der Waals surface area (Å²) in [6.07, 6.45) is 4.56. The van der Waals surface area contributed by atoms with Crippen LogP contribution in [-0.2, 0) is 22.7 Å². The van der Waals surface area contributed by atoms with Gasteiger partial charge >= 0.3 is 0 Å². The van der Waals surface area contributed by atoms with Gasteiger partial charge in [-0.15, -0.1) is 0 Å². The molecule has 0 amide bonds. The predicted molar refractivity (Wildman–Crippen MR) is 84.3 cm³/mol. The Morgan fingerprint density at radius 1 is 1.29 bits per heavy atom. The van der Waals surface area contributed by atoms with Crippen LogP contribution in [0.5, 0.6) is 0 Å². The van der Waals surface area contributed by atoms with Crippen molar-refractivity contribution in [1.82, 2.24) is 5.32 Å². The van der Waals surface area contributed by atoms with Gasteiger partial charge in [-0.1, -0.05) is 13.0 Å². The van der Waals surface area contributed by atoms with E-state index in [1.807, 2.05) is 19.1 Å². The second kappa shape index (κ2) is 7.38. The van der Waals surface area contributed by atoms with Crippen molar-refractivity contribution >= 4 is 9.84 Å². The molecule has 5 heteroatoms. The summed E-state index contributed by atoms with van der Waals surface area (Å²) in [4.78, 5) is 0.421. The van der Waals surface area contributed by atoms with Crippen molar-refractivity contribution in [2.24, 2.45) is 0 Å². The van der Waals surface area contributed by atoms with Crippen molar-refractivity contribution in [3.63, 3.8) is 0 Å². The molecule has 0 aliphatic heterocycles. The Labute approximate surface area is 127 Å². The second-order valence-corrected chi connectivity index (χ2v) is 7.76. The van der Waals surface area contributed by atoms with Gasteiger partial charge in [-0.05, 0) is 61.9 Å². The maximum Gasteiger partial charge on any atom is 0.179 e. The van der Waals surface area contributed by atoms with Gasteiger partial charge in [0.25, 0.3) is 0 Å². The van der Waals surface area contributed by atoms with Crippen molar-refractivity contribution in [2.45, 2.75) is 50.0 Å². The van der Waals surface area contributed by atoms with Crippen molar-refractivity contribution < 1.29 is 13.5 Å². The Morgan fingerprint density at radius 3 is 2.76 bits per heavy atom. The van der Waals surface area contributed by atoms with E-state index < -0.39 is 9.84 Å². The summed E-state index contributed by atoms with van der Waals surface area (Å²) in [5.41, 5.74) is 2.46. The molecular weight excluding hydrogens is 286 g/mol. The number of aryl methyl sites for hydroxylation is 2. The molecule has 0 heterocycles. The number of rotatable bonds is 8. The van der Waals surface area contributed by atoms with Gasteiger partial charge in [0.2, 0.25) is 0 Å². The molecule has 0 saturated heterocycles. The first-order valence-corrected chi connectivity index (χ1v) is 9.41. The van der Waals surface area contributed by atoms with Gasteiger partial charge in [-0.3, -0.25) is 0 Å². The molecule has 0 spiro atoms. The SMILES string of the molecule is CCCNC(CCO)CS(=O)(=O)c1ccc2c(c1)CCC2. The minimum Gasteiger partial charge on any atom is -0.396 e. The average molecular weight is 311 g/mol. The number of nitrogens with one attached hydrogen (secondary N) is 1. The van der Waals surface area contributed by atoms with E-state index in [1.165, 1.54) is 11.1 Å². The molecule has 1 aromatic rings. The molecule has 118 valence electrons. The van der Waals surface area contributed by atoms with E-state index in [2.05, 4.69) is 5.32 Å². The summed E-state index contributed by atoms with van der Waals surface area (Å²) in [6, 6.07) is 5.34. The zero-order chi connectivity index (χ0) is 15.3. The topological polar surface area (TPSA) is 66.4 Å². The summed E-state index contributed by atoms with van der Waals surface area (Å²) < 4.78 is 25.1. The number of sulfone groups is 1. The highest BCUT2D eigenvalue weighted by Gasteiger charge is 2.22. The van der Waals surface area contributed by atoms with E-state index >= 15 is 0 Å². The quantitative estimate of drug-likeness (QED) is 0.767. The third kappa shape index (κ3) is 4.28. The fourth-order valence-electron chi connectivity index (χ4n) is 2.85. The summed E-state index contributed by atoms with van der Waals surface area (Å²) in [7, 11) is -3.31. The van der Waals surface area contributed by atoms with Crippen LogP contribution >= 0.6 is 0 Å². The van der Waals surface area contributed by atoms with Gasteiger partial charge in [-0.2, -0.15) is 0 Å². The van der Waals surface area contributed by atoms with E-state index in [0.29, 0.717) is 11.3 Å². The molecule has 0 aromatic heterocycles. The molecule has 2 N–H and O–H groups in total. The summed E-state index contributed by atoms with van der Waals surface area (Å²) in [5.74, 6) is 0.0480. The van der Waals surface area contributed by atoms with Crippen LogP contribution < -0.4 is 5.32 Å². The van der Waals surface area contributed by atoms with Crippen LogP contribution in [-0.4, -0.2) is 38.5 Å². The lowest BCUT2D eigenvalue weighted by atomic mass is 10.1. The fourth-order valence-corrected chi connectivity index (χ4v) is 4.46. The smallest absolute Gasteiger partial charge is 0.179 e. The monoisotopic (exact) mass is 311 g/mol. The van der Waals surface area contributed by atoms with Crippen LogP contribution in [0.4, 0.5) is 0 Å². The van der Waals surface area contributed by atoms with Crippen LogP contribution in [0.25, 0.3) is 0 Å². The molecule has 1 aliphatic rings. The highest BCUT2D eigenvalue weighted by Crippen LogP contribution is 2.25. The molecule has 1 aromatic carbocycles. The first-order chi connectivity index (χ1) is 10.1. The summed E-state index contributed by atoms with van der Waals surface area (Å²) in [6.45, 7) is 2.81. The first-order valence-electron chi connectivity index (χ1n) is 7.75. The Bertz CT molecular complexity index is 569. The number of hydrogen-bond donors (Lipinski definition) is 2. The van der Waals surface area contributed by atoms with E-state index in [0.717, 1.165) is 32.2 Å². The van der Waals surface area contributed by atoms with Crippen LogP contribution in [0, 0.1) is 0 Å². The van der Waals surface area contributed by atoms with Crippen molar-refractivity contribution in [1.29, 1.82) is 0 Å². The van der Waals surface area contributed by atoms with Crippen LogP contribution in [0.3, 0.4) is 0 Å². The van der Waals surface area contributed by atoms with Crippen molar-refractivity contribution in [3.8, 4) is 0 Å². The lowest BCUT2D eigenvalue weighted by Gasteiger charge is -2.18. The number of aliphatic hydroxyl groups is 1. The van der Waals surface area contributed by atoms with Gasteiger partial charge < -0.3 is 10.4 Å². The Morgan fingerprint density at radius 2 is 2.05 bits per heavy atom. The summed E-state index contributed by atoms with van der Waals surface area (Å²) >= 11 is 0. The maximum absolute atomic E-state index is 12.6. The molecule has 0 bridgehead atoms. The molecule has 0 saturated carbocycles. The van der Waals surface area contributed by atoms with Crippen LogP contribution in [0.15, 0.2) is 23.1 Å². The lowest BCUT2D eigenvalue weighted by molar-refractivity contribution is 0.269. The molecule has 1 unspecified atom stereocenters. The molecule has 1 aliphatic carbocycles. The molecule has 2 rings (SSSR count). The van der Waals surface area contributed by atoms with Crippen LogP contribution in [0.2, 0.25) is 0 Å². The molecular formula is C16H25NO3S. The average Bonchev–Trinajstić information content (AvgIpc) is 2.92. The van der Waals surface area contributed by atoms with E-state index in [9.17, 15) is 8.42 Å². The normalized spacial score (nSPS) is 15.9. The van der Waals surface area contributed by atoms with Crippen molar-refractivity contribution in [3.05, 3.63) is 29.3 Å². The molecule has 1 atom stereocenters. The van der Waals surface area contributed by atoms with Gasteiger partial charge in [0.05, 0.1) is 10.6 Å². The van der Waals surface area contributed by atoms with Crippen molar-refractivity contribution in [2.75, 3.05) is 18.9 Å². The minimum absolute atomic E-state index is 0.00108. The zero-order valence-corrected chi connectivity index (χ0v) is 13.5. The van der Waals surface area contributed by atoms with E-state index in [-0.39, 0.29) is 18.4 Å². The van der Waals surface area contributed by atoms with Gasteiger partial charge in [0.1, 0.15) is 0 Å². The minimum atomic E-state index is -3.31. The fraction of sp³-hybridized carbons (Fsp3) is 0.625. The van der Waals surface area contributed by atoms with Gasteiger partial charge in [-0.25, -0.2) is 8.42 Å². The Balaban J connectivity index is 2.12. The number of aliphatic hydroxyl groups excluding tert-OH is 1. The number of benzene rings is 1. The number of fused-ring (bicyclic) bond motifs is 1. The van der Waals surface area contributed by atoms with E-state index in [1.54, 1.807) is 6.07 Å². The highest BCUT2D eigenvalue weighted by molar-refractivity contribution is 7.91. The van der Waals surface area contributed by atoms with E-state index in [4.69, 9.17) is 5.11 Å². The predicted octanol–water partition coefficient (Wildman–Crippen LogP) is 1.70. The third-order valence-corrected chi connectivity index (χ3v) is 5.82. The molecule has 4 nitrogen and oxygen atoms in total. The molecule has 21 heavy (non-hydrogen) atoms. The zero-order valence-electron chi connectivity index (χ0n) is 12.6. The second-order valence-electron chi connectivity index (χ2n) is 5.73. The molecule has 0 radical (unpaired) electrons. The molecule has 0 fully saturated rings. The maximum atomic E-state index is 12.6. The Kier molecular flexibility index (Phi) is 5.79. The Hall–Kier alpha value is -0.910. The van der Waals surface area contributed by atoms with Crippen LogP contribution in [0.1, 0.15) is 37.3 Å².